The Hall–Kier alpha value is -4.09. The van der Waals surface area contributed by atoms with Crippen molar-refractivity contribution < 1.29 is 9.84 Å². The molecule has 0 aliphatic heterocycles. The van der Waals surface area contributed by atoms with Crippen molar-refractivity contribution in [2.75, 3.05) is 31.0 Å². The van der Waals surface area contributed by atoms with Gasteiger partial charge in [0.2, 0.25) is 5.95 Å². The molecule has 0 unspecified atom stereocenters. The molecule has 0 saturated carbocycles. The minimum absolute atomic E-state index is 0.0409. The van der Waals surface area contributed by atoms with Gasteiger partial charge in [0.1, 0.15) is 18.5 Å². The summed E-state index contributed by atoms with van der Waals surface area (Å²) in [5.74, 6) is 0.723. The van der Waals surface area contributed by atoms with Crippen LogP contribution in [0, 0.1) is 0 Å². The number of H-pyrrole nitrogens is 1. The highest BCUT2D eigenvalue weighted by molar-refractivity contribution is 6.30. The fourth-order valence-electron chi connectivity index (χ4n) is 3.51. The van der Waals surface area contributed by atoms with E-state index in [-0.39, 0.29) is 30.3 Å². The third-order valence-corrected chi connectivity index (χ3v) is 5.70. The average molecular weight is 512 g/mol. The van der Waals surface area contributed by atoms with Crippen LogP contribution in [-0.4, -0.2) is 57.2 Å². The number of nitrogens with one attached hydrogen (secondary N) is 2. The molecule has 3 N–H and O–H groups in total. The highest BCUT2D eigenvalue weighted by atomic mass is 35.5. The first-order valence-electron chi connectivity index (χ1n) is 11.1. The predicted octanol–water partition coefficient (Wildman–Crippen LogP) is 2.03. The molecular weight excluding hydrogens is 486 g/mol. The number of rotatable bonds is 9. The minimum Gasteiger partial charge on any atom is -0.491 e. The second-order valence-corrected chi connectivity index (χ2v) is 8.75. The highest BCUT2D eigenvalue weighted by Crippen LogP contribution is 2.18. The van der Waals surface area contributed by atoms with Gasteiger partial charge in [0.15, 0.2) is 11.2 Å². The normalized spacial score (nSPS) is 12.2. The first kappa shape index (κ1) is 25.0. The molecule has 0 amide bonds. The Balaban J connectivity index is 1.58. The number of ether oxygens (including phenoxy) is 1. The van der Waals surface area contributed by atoms with Crippen molar-refractivity contribution in [1.82, 2.24) is 19.1 Å². The molecule has 4 aromatic rings. The maximum Gasteiger partial charge on any atom is 0.329 e. The van der Waals surface area contributed by atoms with E-state index in [1.807, 2.05) is 43.3 Å². The van der Waals surface area contributed by atoms with Crippen LogP contribution in [0.5, 0.6) is 5.75 Å². The molecular formula is C24H26ClN7O4. The summed E-state index contributed by atoms with van der Waals surface area (Å²) in [5, 5.41) is 15.5. The van der Waals surface area contributed by atoms with Crippen molar-refractivity contribution in [3.63, 3.8) is 0 Å². The molecule has 2 aromatic carbocycles. The molecule has 0 fully saturated rings. The highest BCUT2D eigenvalue weighted by Gasteiger charge is 2.20. The molecule has 1 atom stereocenters. The van der Waals surface area contributed by atoms with Gasteiger partial charge in [-0.25, -0.2) is 10.2 Å². The first-order valence-corrected chi connectivity index (χ1v) is 11.4. The van der Waals surface area contributed by atoms with Crippen LogP contribution < -0.4 is 26.3 Å². The monoisotopic (exact) mass is 511 g/mol. The number of halogens is 1. The zero-order valence-corrected chi connectivity index (χ0v) is 20.7. The first-order chi connectivity index (χ1) is 17.2. The van der Waals surface area contributed by atoms with Crippen molar-refractivity contribution in [3.8, 4) is 5.75 Å². The van der Waals surface area contributed by atoms with E-state index < -0.39 is 17.4 Å². The van der Waals surface area contributed by atoms with Crippen molar-refractivity contribution in [2.45, 2.75) is 12.6 Å². The standard InChI is InChI=1S/C24H26ClN7O4/c1-30(2)17-8-4-15(5-9-17)12-26-29-23-27-21-20(22(34)28-24(35)31(21)3)32(23)13-18(33)14-36-19-10-6-16(25)7-11-19/h4-12,18,33H,13-14H2,1-3H3,(H,27,29)(H,28,34,35)/b26-12+/t18-/m1/s1. The molecule has 12 heteroatoms. The van der Waals surface area contributed by atoms with Crippen LogP contribution in [0.4, 0.5) is 11.6 Å². The summed E-state index contributed by atoms with van der Waals surface area (Å²) in [5.41, 5.74) is 3.78. The van der Waals surface area contributed by atoms with Gasteiger partial charge < -0.3 is 19.3 Å². The number of anilines is 2. The lowest BCUT2D eigenvalue weighted by Gasteiger charge is -2.15. The summed E-state index contributed by atoms with van der Waals surface area (Å²) in [6.07, 6.45) is 0.602. The number of fused-ring (bicyclic) bond motifs is 1. The van der Waals surface area contributed by atoms with Gasteiger partial charge in [-0.05, 0) is 42.0 Å². The Labute approximate surface area is 211 Å². The van der Waals surface area contributed by atoms with E-state index in [9.17, 15) is 14.7 Å². The lowest BCUT2D eigenvalue weighted by atomic mass is 10.2. The van der Waals surface area contributed by atoms with Crippen LogP contribution in [0.2, 0.25) is 5.02 Å². The fourth-order valence-corrected chi connectivity index (χ4v) is 3.63. The molecule has 36 heavy (non-hydrogen) atoms. The van der Waals surface area contributed by atoms with E-state index >= 15 is 0 Å². The molecule has 0 aliphatic carbocycles. The lowest BCUT2D eigenvalue weighted by molar-refractivity contribution is 0.0938. The number of benzene rings is 2. The van der Waals surface area contributed by atoms with Gasteiger partial charge in [0.05, 0.1) is 12.8 Å². The summed E-state index contributed by atoms with van der Waals surface area (Å²) in [6.45, 7) is -0.0906. The number of hydrogen-bond donors (Lipinski definition) is 3. The zero-order valence-electron chi connectivity index (χ0n) is 20.0. The SMILES string of the molecule is CN(C)c1ccc(/C=N/Nc2nc3c(c(=O)[nH]c(=O)n3C)n2C[C@@H](O)COc2ccc(Cl)cc2)cc1. The number of aromatic amines is 1. The molecule has 4 rings (SSSR count). The van der Waals surface area contributed by atoms with Crippen molar-refractivity contribution >= 4 is 40.6 Å². The Kier molecular flexibility index (Phi) is 7.41. The Bertz CT molecular complexity index is 1490. The number of hydrogen-bond acceptors (Lipinski definition) is 8. The quantitative estimate of drug-likeness (QED) is 0.231. The van der Waals surface area contributed by atoms with Gasteiger partial charge in [-0.2, -0.15) is 10.1 Å². The average Bonchev–Trinajstić information content (AvgIpc) is 3.21. The number of imidazole rings is 1. The topological polar surface area (TPSA) is 130 Å². The molecule has 11 nitrogen and oxygen atoms in total. The molecule has 0 saturated heterocycles. The number of aliphatic hydroxyl groups excluding tert-OH is 1. The Morgan fingerprint density at radius 2 is 1.89 bits per heavy atom. The summed E-state index contributed by atoms with van der Waals surface area (Å²) in [7, 11) is 5.41. The number of aryl methyl sites for hydroxylation is 1. The van der Waals surface area contributed by atoms with E-state index in [4.69, 9.17) is 16.3 Å². The smallest absolute Gasteiger partial charge is 0.329 e. The van der Waals surface area contributed by atoms with Crippen molar-refractivity contribution in [2.24, 2.45) is 12.1 Å². The summed E-state index contributed by atoms with van der Waals surface area (Å²) in [4.78, 5) is 33.4. The van der Waals surface area contributed by atoms with Gasteiger partial charge in [-0.15, -0.1) is 0 Å². The number of hydrazone groups is 1. The van der Waals surface area contributed by atoms with E-state index in [0.29, 0.717) is 10.8 Å². The molecule has 188 valence electrons. The van der Waals surface area contributed by atoms with Gasteiger partial charge >= 0.3 is 5.69 Å². The van der Waals surface area contributed by atoms with Crippen LogP contribution in [0.1, 0.15) is 5.56 Å². The maximum atomic E-state index is 12.6. The largest absolute Gasteiger partial charge is 0.491 e. The maximum absolute atomic E-state index is 12.6. The molecule has 0 bridgehead atoms. The van der Waals surface area contributed by atoms with Crippen LogP contribution in [-0.2, 0) is 13.6 Å². The zero-order chi connectivity index (χ0) is 25.8. The van der Waals surface area contributed by atoms with Crippen molar-refractivity contribution in [3.05, 3.63) is 80.0 Å². The third-order valence-electron chi connectivity index (χ3n) is 5.44. The summed E-state index contributed by atoms with van der Waals surface area (Å²) < 4.78 is 8.31. The fraction of sp³-hybridized carbons (Fsp3) is 0.250. The Morgan fingerprint density at radius 1 is 1.19 bits per heavy atom. The van der Waals surface area contributed by atoms with Crippen LogP contribution in [0.25, 0.3) is 11.2 Å². The van der Waals surface area contributed by atoms with Gasteiger partial charge in [0, 0.05) is 31.9 Å². The van der Waals surface area contributed by atoms with E-state index in [2.05, 4.69) is 20.5 Å². The molecule has 0 aliphatic rings. The number of aliphatic hydroxyl groups is 1. The predicted molar refractivity (Wildman–Crippen MR) is 141 cm³/mol. The number of aromatic nitrogens is 4. The molecule has 2 heterocycles. The molecule has 0 spiro atoms. The van der Waals surface area contributed by atoms with Crippen LogP contribution in [0.3, 0.4) is 0 Å². The van der Waals surface area contributed by atoms with Gasteiger partial charge in [-0.3, -0.25) is 14.3 Å². The van der Waals surface area contributed by atoms with E-state index in [1.54, 1.807) is 30.5 Å². The van der Waals surface area contributed by atoms with E-state index in [1.165, 1.54) is 16.2 Å². The second kappa shape index (κ2) is 10.7. The van der Waals surface area contributed by atoms with Gasteiger partial charge in [0.25, 0.3) is 5.56 Å². The van der Waals surface area contributed by atoms with Gasteiger partial charge in [-0.1, -0.05) is 23.7 Å². The molecule has 0 radical (unpaired) electrons. The second-order valence-electron chi connectivity index (χ2n) is 8.31. The lowest BCUT2D eigenvalue weighted by Crippen LogP contribution is -2.30. The molecule has 2 aromatic heterocycles. The summed E-state index contributed by atoms with van der Waals surface area (Å²) >= 11 is 5.89. The third kappa shape index (κ3) is 5.58. The Morgan fingerprint density at radius 3 is 2.56 bits per heavy atom. The minimum atomic E-state index is -1.00. The summed E-state index contributed by atoms with van der Waals surface area (Å²) in [6, 6.07) is 14.5. The van der Waals surface area contributed by atoms with Crippen LogP contribution >= 0.6 is 11.6 Å². The van der Waals surface area contributed by atoms with E-state index in [0.717, 1.165) is 11.3 Å². The number of nitrogens with zero attached hydrogens (tertiary/aromatic N) is 5. The van der Waals surface area contributed by atoms with Crippen LogP contribution in [0.15, 0.2) is 63.2 Å². The van der Waals surface area contributed by atoms with Crippen molar-refractivity contribution in [1.29, 1.82) is 0 Å².